The van der Waals surface area contributed by atoms with E-state index in [9.17, 15) is 9.59 Å². The van der Waals surface area contributed by atoms with Crippen molar-refractivity contribution in [1.82, 2.24) is 4.57 Å². The van der Waals surface area contributed by atoms with Crippen LogP contribution in [0.5, 0.6) is 0 Å². The molecule has 5 nitrogen and oxygen atoms in total. The fraction of sp³-hybridized carbons (Fsp3) is 0.273. The first-order chi connectivity index (χ1) is 12.8. The second-order valence-electron chi connectivity index (χ2n) is 6.69. The second kappa shape index (κ2) is 9.03. The van der Waals surface area contributed by atoms with Crippen molar-refractivity contribution in [3.63, 3.8) is 0 Å². The van der Waals surface area contributed by atoms with Gasteiger partial charge < -0.3 is 16.0 Å². The van der Waals surface area contributed by atoms with Gasteiger partial charge in [-0.15, -0.1) is 0 Å². The Balaban J connectivity index is 0.000000244. The van der Waals surface area contributed by atoms with Crippen LogP contribution in [0.15, 0.2) is 48.5 Å². The molecule has 0 aliphatic heterocycles. The Morgan fingerprint density at radius 2 is 1.67 bits per heavy atom. The first kappa shape index (κ1) is 20.2. The van der Waals surface area contributed by atoms with Crippen LogP contribution in [0, 0.1) is 13.8 Å². The molecule has 3 aromatic rings. The van der Waals surface area contributed by atoms with Crippen LogP contribution in [0.1, 0.15) is 40.0 Å². The number of hydrogen-bond donors (Lipinski definition) is 2. The van der Waals surface area contributed by atoms with Crippen molar-refractivity contribution in [2.24, 2.45) is 18.5 Å². The van der Waals surface area contributed by atoms with Gasteiger partial charge in [-0.2, -0.15) is 0 Å². The highest BCUT2D eigenvalue weighted by molar-refractivity contribution is 5.92. The van der Waals surface area contributed by atoms with Gasteiger partial charge in [-0.05, 0) is 56.5 Å². The van der Waals surface area contributed by atoms with Crippen LogP contribution in [-0.4, -0.2) is 16.4 Å². The smallest absolute Gasteiger partial charge is 0.248 e. The average molecular weight is 365 g/mol. The Morgan fingerprint density at radius 3 is 2.22 bits per heavy atom. The highest BCUT2D eigenvalue weighted by Crippen LogP contribution is 2.27. The van der Waals surface area contributed by atoms with Gasteiger partial charge in [0.25, 0.3) is 0 Å². The summed E-state index contributed by atoms with van der Waals surface area (Å²) in [5.41, 5.74) is 15.9. The van der Waals surface area contributed by atoms with Crippen LogP contribution in [0.4, 0.5) is 0 Å². The summed E-state index contributed by atoms with van der Waals surface area (Å²) in [5, 5.41) is 1.31. The molecule has 0 saturated heterocycles. The molecule has 0 radical (unpaired) electrons. The summed E-state index contributed by atoms with van der Waals surface area (Å²) in [4.78, 5) is 21.2. The van der Waals surface area contributed by atoms with Gasteiger partial charge in [-0.1, -0.05) is 29.8 Å². The van der Waals surface area contributed by atoms with Crippen LogP contribution >= 0.6 is 0 Å². The van der Waals surface area contributed by atoms with Gasteiger partial charge in [-0.25, -0.2) is 0 Å². The van der Waals surface area contributed by atoms with E-state index in [0.29, 0.717) is 12.0 Å². The second-order valence-corrected chi connectivity index (χ2v) is 6.69. The Morgan fingerprint density at radius 1 is 1.00 bits per heavy atom. The molecule has 1 heterocycles. The van der Waals surface area contributed by atoms with E-state index in [2.05, 4.69) is 43.7 Å². The molecule has 0 atom stereocenters. The molecule has 2 amide bonds. The Labute approximate surface area is 160 Å². The third kappa shape index (κ3) is 5.20. The molecule has 0 saturated carbocycles. The summed E-state index contributed by atoms with van der Waals surface area (Å²) in [6.45, 7) is 4.24. The standard InChI is InChI=1S/C15H20N2O.C7H7NO/c1-10-7-8-14-13(9-10)12(11(2)17(14)3)5-4-6-15(16)18;8-7(9)6-4-2-1-3-5-6/h7-9H,4-6H2,1-3H3,(H2,16,18);1-5H,(H2,8,9). The molecular weight excluding hydrogens is 338 g/mol. The normalized spacial score (nSPS) is 10.3. The Hall–Kier alpha value is -3.08. The zero-order chi connectivity index (χ0) is 20.0. The number of rotatable bonds is 5. The lowest BCUT2D eigenvalue weighted by Gasteiger charge is -2.01. The SMILES string of the molecule is Cc1ccc2c(c1)c(CCCC(N)=O)c(C)n2C.NC(=O)c1ccccc1. The number of carbonyl (C=O) groups is 2. The quantitative estimate of drug-likeness (QED) is 0.725. The predicted octanol–water partition coefficient (Wildman–Crippen LogP) is 3.39. The third-order valence-electron chi connectivity index (χ3n) is 4.69. The van der Waals surface area contributed by atoms with E-state index >= 15 is 0 Å². The van der Waals surface area contributed by atoms with Gasteiger partial charge in [0.1, 0.15) is 0 Å². The Bertz CT molecular complexity index is 943. The highest BCUT2D eigenvalue weighted by Gasteiger charge is 2.11. The van der Waals surface area contributed by atoms with Crippen molar-refractivity contribution in [3.05, 3.63) is 70.9 Å². The van der Waals surface area contributed by atoms with Crippen molar-refractivity contribution in [2.75, 3.05) is 0 Å². The first-order valence-electron chi connectivity index (χ1n) is 8.99. The molecule has 0 spiro atoms. The predicted molar refractivity (Wildman–Crippen MR) is 109 cm³/mol. The lowest BCUT2D eigenvalue weighted by atomic mass is 10.0. The van der Waals surface area contributed by atoms with Crippen molar-refractivity contribution in [3.8, 4) is 0 Å². The maximum Gasteiger partial charge on any atom is 0.248 e. The molecule has 3 rings (SSSR count). The minimum Gasteiger partial charge on any atom is -0.370 e. The molecule has 2 aromatic carbocycles. The van der Waals surface area contributed by atoms with Crippen molar-refractivity contribution in [2.45, 2.75) is 33.1 Å². The molecule has 0 bridgehead atoms. The van der Waals surface area contributed by atoms with Crippen molar-refractivity contribution < 1.29 is 9.59 Å². The number of primary amides is 2. The Kier molecular flexibility index (Phi) is 6.77. The molecule has 0 aliphatic rings. The van der Waals surface area contributed by atoms with E-state index in [1.807, 2.05) is 6.07 Å². The number of nitrogens with two attached hydrogens (primary N) is 2. The summed E-state index contributed by atoms with van der Waals surface area (Å²) < 4.78 is 2.22. The molecule has 5 heteroatoms. The van der Waals surface area contributed by atoms with Crippen LogP contribution in [0.25, 0.3) is 10.9 Å². The van der Waals surface area contributed by atoms with Gasteiger partial charge in [0.2, 0.25) is 11.8 Å². The van der Waals surface area contributed by atoms with E-state index < -0.39 is 0 Å². The van der Waals surface area contributed by atoms with E-state index in [-0.39, 0.29) is 11.8 Å². The maximum atomic E-state index is 10.8. The zero-order valence-electron chi connectivity index (χ0n) is 16.2. The van der Waals surface area contributed by atoms with Gasteiger partial charge in [0.15, 0.2) is 0 Å². The molecule has 0 unspecified atom stereocenters. The van der Waals surface area contributed by atoms with Crippen LogP contribution < -0.4 is 11.5 Å². The molecule has 4 N–H and O–H groups in total. The van der Waals surface area contributed by atoms with Gasteiger partial charge in [-0.3, -0.25) is 9.59 Å². The summed E-state index contributed by atoms with van der Waals surface area (Å²) in [5.74, 6) is -0.598. The van der Waals surface area contributed by atoms with E-state index in [0.717, 1.165) is 12.8 Å². The topological polar surface area (TPSA) is 91.1 Å². The monoisotopic (exact) mass is 365 g/mol. The fourth-order valence-electron chi connectivity index (χ4n) is 3.12. The minimum atomic E-state index is -0.379. The maximum absolute atomic E-state index is 10.8. The van der Waals surface area contributed by atoms with Gasteiger partial charge >= 0.3 is 0 Å². The van der Waals surface area contributed by atoms with Gasteiger partial charge in [0.05, 0.1) is 0 Å². The number of hydrogen-bond acceptors (Lipinski definition) is 2. The van der Waals surface area contributed by atoms with E-state index in [4.69, 9.17) is 11.5 Å². The molecule has 27 heavy (non-hydrogen) atoms. The summed E-state index contributed by atoms with van der Waals surface area (Å²) >= 11 is 0. The number of aryl methyl sites for hydroxylation is 3. The number of nitrogens with zero attached hydrogens (tertiary/aromatic N) is 1. The molecule has 142 valence electrons. The molecule has 0 aliphatic carbocycles. The van der Waals surface area contributed by atoms with Crippen LogP contribution in [0.2, 0.25) is 0 Å². The van der Waals surface area contributed by atoms with Crippen molar-refractivity contribution in [1.29, 1.82) is 0 Å². The summed E-state index contributed by atoms with van der Waals surface area (Å²) in [6, 6.07) is 15.3. The van der Waals surface area contributed by atoms with E-state index in [1.165, 1.54) is 27.7 Å². The number of amides is 2. The average Bonchev–Trinajstić information content (AvgIpc) is 2.87. The highest BCUT2D eigenvalue weighted by atomic mass is 16.1. The number of fused-ring (bicyclic) bond motifs is 1. The lowest BCUT2D eigenvalue weighted by molar-refractivity contribution is -0.118. The molecular formula is C22H27N3O2. The lowest BCUT2D eigenvalue weighted by Crippen LogP contribution is -2.10. The molecule has 0 fully saturated rings. The van der Waals surface area contributed by atoms with Crippen LogP contribution in [-0.2, 0) is 18.3 Å². The summed E-state index contributed by atoms with van der Waals surface area (Å²) in [7, 11) is 2.09. The number of carbonyl (C=O) groups excluding carboxylic acids is 2. The van der Waals surface area contributed by atoms with Crippen molar-refractivity contribution >= 4 is 22.7 Å². The minimum absolute atomic E-state index is 0.218. The fourth-order valence-corrected chi connectivity index (χ4v) is 3.12. The largest absolute Gasteiger partial charge is 0.370 e. The zero-order valence-corrected chi connectivity index (χ0v) is 16.2. The molecule has 1 aromatic heterocycles. The number of benzene rings is 2. The van der Waals surface area contributed by atoms with Gasteiger partial charge in [0, 0.05) is 35.6 Å². The van der Waals surface area contributed by atoms with Crippen LogP contribution in [0.3, 0.4) is 0 Å². The number of aromatic nitrogens is 1. The van der Waals surface area contributed by atoms with E-state index in [1.54, 1.807) is 24.3 Å². The first-order valence-corrected chi connectivity index (χ1v) is 8.99. The third-order valence-corrected chi connectivity index (χ3v) is 4.69. The summed E-state index contributed by atoms with van der Waals surface area (Å²) in [6.07, 6.45) is 2.19.